The minimum absolute atomic E-state index is 0.0189. The van der Waals surface area contributed by atoms with Crippen LogP contribution in [-0.4, -0.2) is 25.2 Å². The fourth-order valence-electron chi connectivity index (χ4n) is 3.14. The summed E-state index contributed by atoms with van der Waals surface area (Å²) in [5.41, 5.74) is 2.97. The Bertz CT molecular complexity index is 913. The molecule has 0 saturated heterocycles. The number of amides is 1. The molecule has 1 atom stereocenters. The van der Waals surface area contributed by atoms with Gasteiger partial charge in [0.1, 0.15) is 5.82 Å². The van der Waals surface area contributed by atoms with Gasteiger partial charge in [-0.25, -0.2) is 9.67 Å². The molecule has 0 saturated carbocycles. The summed E-state index contributed by atoms with van der Waals surface area (Å²) in [5.74, 6) is 0.674. The number of nitrogens with zero attached hydrogens (tertiary/aromatic N) is 4. The molecule has 7 heteroatoms. The molecule has 6 nitrogen and oxygen atoms in total. The fourth-order valence-corrected chi connectivity index (χ4v) is 3.34. The molecule has 1 N–H and O–H groups in total. The van der Waals surface area contributed by atoms with E-state index in [9.17, 15) is 4.79 Å². The van der Waals surface area contributed by atoms with Crippen LogP contribution in [-0.2, 0) is 18.4 Å². The summed E-state index contributed by atoms with van der Waals surface area (Å²) in [7, 11) is 1.93. The van der Waals surface area contributed by atoms with E-state index in [4.69, 9.17) is 11.6 Å². The predicted octanol–water partition coefficient (Wildman–Crippen LogP) is 2.79. The first kappa shape index (κ1) is 15.0. The molecule has 1 unspecified atom stereocenters. The third kappa shape index (κ3) is 2.49. The van der Waals surface area contributed by atoms with E-state index in [2.05, 4.69) is 15.4 Å². The topological polar surface area (TPSA) is 64.7 Å². The van der Waals surface area contributed by atoms with Crippen LogP contribution >= 0.6 is 11.6 Å². The van der Waals surface area contributed by atoms with Gasteiger partial charge in [-0.2, -0.15) is 5.10 Å². The number of carbonyl (C=O) groups is 1. The average Bonchev–Trinajstić information content (AvgIpc) is 3.16. The number of rotatable bonds is 3. The molecule has 4 rings (SSSR count). The molecular weight excluding hydrogens is 326 g/mol. The lowest BCUT2D eigenvalue weighted by molar-refractivity contribution is -0.116. The van der Waals surface area contributed by atoms with Crippen molar-refractivity contribution in [1.82, 2.24) is 19.3 Å². The van der Waals surface area contributed by atoms with Crippen LogP contribution in [0.4, 0.5) is 5.82 Å². The van der Waals surface area contributed by atoms with Crippen LogP contribution in [0.1, 0.15) is 29.2 Å². The number of carbonyl (C=O) groups excluding carboxylic acids is 1. The molecule has 1 amide bonds. The molecule has 3 aromatic rings. The summed E-state index contributed by atoms with van der Waals surface area (Å²) in [6.45, 7) is 0.507. The normalized spacial score (nSPS) is 16.8. The van der Waals surface area contributed by atoms with E-state index in [0.29, 0.717) is 18.0 Å². The first-order valence-corrected chi connectivity index (χ1v) is 8.06. The lowest BCUT2D eigenvalue weighted by Crippen LogP contribution is -2.25. The molecule has 3 heterocycles. The van der Waals surface area contributed by atoms with Crippen LogP contribution in [0.3, 0.4) is 0 Å². The van der Waals surface area contributed by atoms with Gasteiger partial charge in [0.2, 0.25) is 5.91 Å². The van der Waals surface area contributed by atoms with Crippen LogP contribution in [0.15, 0.2) is 43.0 Å². The second-order valence-corrected chi connectivity index (χ2v) is 6.34. The summed E-state index contributed by atoms with van der Waals surface area (Å²) >= 11 is 6.24. The van der Waals surface area contributed by atoms with E-state index in [1.807, 2.05) is 42.1 Å². The van der Waals surface area contributed by atoms with E-state index >= 15 is 0 Å². The largest absolute Gasteiger partial charge is 0.337 e. The van der Waals surface area contributed by atoms with Gasteiger partial charge in [-0.05, 0) is 11.6 Å². The number of imidazole rings is 1. The van der Waals surface area contributed by atoms with Crippen molar-refractivity contribution in [2.45, 2.75) is 18.9 Å². The number of hydrogen-bond donors (Lipinski definition) is 1. The molecule has 0 fully saturated rings. The Morgan fingerprint density at radius 1 is 1.33 bits per heavy atom. The average molecular weight is 342 g/mol. The summed E-state index contributed by atoms with van der Waals surface area (Å²) < 4.78 is 3.73. The van der Waals surface area contributed by atoms with Crippen LogP contribution in [0.25, 0.3) is 0 Å². The van der Waals surface area contributed by atoms with Gasteiger partial charge in [0.25, 0.3) is 0 Å². The highest BCUT2D eigenvalue weighted by atomic mass is 35.5. The van der Waals surface area contributed by atoms with Gasteiger partial charge in [0.15, 0.2) is 0 Å². The number of anilines is 1. The van der Waals surface area contributed by atoms with Crippen molar-refractivity contribution in [3.63, 3.8) is 0 Å². The van der Waals surface area contributed by atoms with Crippen LogP contribution in [0, 0.1) is 0 Å². The van der Waals surface area contributed by atoms with Crippen LogP contribution < -0.4 is 5.32 Å². The summed E-state index contributed by atoms with van der Waals surface area (Å²) in [4.78, 5) is 16.4. The first-order chi connectivity index (χ1) is 11.6. The molecule has 1 aromatic carbocycles. The molecule has 0 aliphatic carbocycles. The Hall–Kier alpha value is -2.60. The van der Waals surface area contributed by atoms with E-state index in [0.717, 1.165) is 22.6 Å². The molecule has 122 valence electrons. The maximum absolute atomic E-state index is 12.2. The molecule has 0 bridgehead atoms. The Labute approximate surface area is 144 Å². The van der Waals surface area contributed by atoms with Crippen molar-refractivity contribution in [2.24, 2.45) is 7.05 Å². The lowest BCUT2D eigenvalue weighted by Gasteiger charge is -2.23. The van der Waals surface area contributed by atoms with Gasteiger partial charge in [0.05, 0.1) is 19.1 Å². The second kappa shape index (κ2) is 5.79. The highest BCUT2D eigenvalue weighted by Crippen LogP contribution is 2.37. The molecule has 1 aliphatic heterocycles. The van der Waals surface area contributed by atoms with E-state index in [1.165, 1.54) is 0 Å². The van der Waals surface area contributed by atoms with Crippen molar-refractivity contribution < 1.29 is 4.79 Å². The number of hydrogen-bond acceptors (Lipinski definition) is 3. The fraction of sp³-hybridized carbons (Fsp3) is 0.235. The molecule has 1 aliphatic rings. The van der Waals surface area contributed by atoms with Gasteiger partial charge >= 0.3 is 0 Å². The van der Waals surface area contributed by atoms with Gasteiger partial charge in [-0.15, -0.1) is 0 Å². The minimum atomic E-state index is -0.0405. The Morgan fingerprint density at radius 3 is 2.92 bits per heavy atom. The lowest BCUT2D eigenvalue weighted by atomic mass is 9.91. The summed E-state index contributed by atoms with van der Waals surface area (Å²) in [6, 6.07) is 7.64. The van der Waals surface area contributed by atoms with Crippen LogP contribution in [0.2, 0.25) is 5.02 Å². The molecule has 0 radical (unpaired) electrons. The first-order valence-electron chi connectivity index (χ1n) is 7.68. The zero-order valence-electron chi connectivity index (χ0n) is 13.1. The quantitative estimate of drug-likeness (QED) is 0.796. The highest BCUT2D eigenvalue weighted by Gasteiger charge is 2.31. The highest BCUT2D eigenvalue weighted by molar-refractivity contribution is 6.31. The van der Waals surface area contributed by atoms with Gasteiger partial charge in [-0.1, -0.05) is 29.8 Å². The number of aryl methyl sites for hydroxylation is 1. The Morgan fingerprint density at radius 2 is 2.17 bits per heavy atom. The zero-order chi connectivity index (χ0) is 16.7. The zero-order valence-corrected chi connectivity index (χ0v) is 13.9. The minimum Gasteiger partial charge on any atom is -0.337 e. The van der Waals surface area contributed by atoms with E-state index in [-0.39, 0.29) is 11.8 Å². The van der Waals surface area contributed by atoms with Gasteiger partial charge in [0, 0.05) is 41.9 Å². The number of nitrogens with one attached hydrogen (secondary N) is 1. The second-order valence-electron chi connectivity index (χ2n) is 5.93. The molecular formula is C17H16ClN5O. The van der Waals surface area contributed by atoms with E-state index in [1.54, 1.807) is 17.2 Å². The smallest absolute Gasteiger partial charge is 0.226 e. The van der Waals surface area contributed by atoms with Crippen molar-refractivity contribution in [2.75, 3.05) is 5.32 Å². The SMILES string of the molecule is Cn1cncc1C1CC(=O)Nc2c1cnn2Cc1ccccc1Cl. The van der Waals surface area contributed by atoms with Gasteiger partial charge < -0.3 is 9.88 Å². The molecule has 2 aromatic heterocycles. The van der Waals surface area contributed by atoms with Gasteiger partial charge in [-0.3, -0.25) is 4.79 Å². The third-order valence-electron chi connectivity index (χ3n) is 4.38. The van der Waals surface area contributed by atoms with Crippen molar-refractivity contribution in [3.8, 4) is 0 Å². The number of aromatic nitrogens is 4. The molecule has 0 spiro atoms. The van der Waals surface area contributed by atoms with Crippen molar-refractivity contribution in [3.05, 3.63) is 64.8 Å². The van der Waals surface area contributed by atoms with Crippen LogP contribution in [0.5, 0.6) is 0 Å². The monoisotopic (exact) mass is 341 g/mol. The van der Waals surface area contributed by atoms with Crippen molar-refractivity contribution >= 4 is 23.3 Å². The number of fused-ring (bicyclic) bond motifs is 1. The predicted molar refractivity (Wildman–Crippen MR) is 91.1 cm³/mol. The summed E-state index contributed by atoms with van der Waals surface area (Å²) in [5, 5.41) is 8.11. The Kier molecular flexibility index (Phi) is 3.61. The maximum Gasteiger partial charge on any atom is 0.226 e. The maximum atomic E-state index is 12.2. The third-order valence-corrected chi connectivity index (χ3v) is 4.75. The Balaban J connectivity index is 1.74. The standard InChI is InChI=1S/C17H16ClN5O/c1-22-10-19-8-15(22)12-6-16(24)21-17-13(12)7-20-23(17)9-11-4-2-3-5-14(11)18/h2-5,7-8,10,12H,6,9H2,1H3,(H,21,24). The van der Waals surface area contributed by atoms with Crippen molar-refractivity contribution in [1.29, 1.82) is 0 Å². The molecule has 24 heavy (non-hydrogen) atoms. The number of halogens is 1. The van der Waals surface area contributed by atoms with E-state index < -0.39 is 0 Å². The number of benzene rings is 1. The summed E-state index contributed by atoms with van der Waals surface area (Å²) in [6.07, 6.45) is 5.77.